The van der Waals surface area contributed by atoms with Crippen molar-refractivity contribution in [3.8, 4) is 0 Å². The van der Waals surface area contributed by atoms with Crippen molar-refractivity contribution in [3.63, 3.8) is 0 Å². The summed E-state index contributed by atoms with van der Waals surface area (Å²) < 4.78 is 47.9. The van der Waals surface area contributed by atoms with Gasteiger partial charge in [-0.1, -0.05) is 101 Å². The highest BCUT2D eigenvalue weighted by molar-refractivity contribution is 6.74. The summed E-state index contributed by atoms with van der Waals surface area (Å²) in [5, 5.41) is 10.8. The highest BCUT2D eigenvalue weighted by Gasteiger charge is 2.43. The van der Waals surface area contributed by atoms with Crippen LogP contribution in [0.3, 0.4) is 0 Å². The first-order valence-electron chi connectivity index (χ1n) is 22.4. The number of hydrogen-bond acceptors (Lipinski definition) is 8. The minimum atomic E-state index is -2.69. The number of morpholine rings is 1. The van der Waals surface area contributed by atoms with Gasteiger partial charge in [0.05, 0.1) is 25.4 Å². The molecule has 1 aliphatic rings. The zero-order valence-corrected chi connectivity index (χ0v) is 40.6. The van der Waals surface area contributed by atoms with Crippen LogP contribution in [0, 0.1) is 23.5 Å². The van der Waals surface area contributed by atoms with Crippen molar-refractivity contribution in [1.82, 2.24) is 26.2 Å². The van der Waals surface area contributed by atoms with Crippen LogP contribution >= 0.6 is 0 Å². The number of nitrogens with one attached hydrogen (secondary N) is 4. The zero-order chi connectivity index (χ0) is 48.1. The summed E-state index contributed by atoms with van der Waals surface area (Å²) in [7, 11) is -2.69. The summed E-state index contributed by atoms with van der Waals surface area (Å²) in [5.41, 5.74) is 0.828. The molecule has 0 saturated carbocycles. The van der Waals surface area contributed by atoms with Crippen LogP contribution in [-0.4, -0.2) is 99.2 Å². The molecule has 1 fully saturated rings. The first kappa shape index (κ1) is 52.4. The second-order valence-electron chi connectivity index (χ2n) is 19.6. The summed E-state index contributed by atoms with van der Waals surface area (Å²) in [6.07, 6.45) is -1.48. The number of carbonyl (C=O) groups excluding carboxylic acids is 5. The van der Waals surface area contributed by atoms with E-state index in [9.17, 15) is 28.4 Å². The molecule has 3 aromatic rings. The van der Waals surface area contributed by atoms with Crippen LogP contribution in [0.2, 0.25) is 18.1 Å². The SMILES string of the molecule is CC(C)C(NC(=O)C(Cc1ccc(F)cc1F)CC(O[Si](C)(C)C(C)(C)C)C(Cc1ccccc1)NC(=O)OC(C)(C)C)C(=O)NC(Cc1ccccc1)C(=O)NC(=O)N1CCOCC1. The molecule has 5 unspecified atom stereocenters. The molecule has 6 amide bonds. The van der Waals surface area contributed by atoms with E-state index in [4.69, 9.17) is 13.9 Å². The van der Waals surface area contributed by atoms with Gasteiger partial charge >= 0.3 is 12.1 Å². The highest BCUT2D eigenvalue weighted by Crippen LogP contribution is 2.39. The van der Waals surface area contributed by atoms with Crippen LogP contribution in [0.5, 0.6) is 0 Å². The van der Waals surface area contributed by atoms with Crippen molar-refractivity contribution in [2.24, 2.45) is 11.8 Å². The van der Waals surface area contributed by atoms with Crippen molar-refractivity contribution < 1.29 is 46.7 Å². The van der Waals surface area contributed by atoms with Gasteiger partial charge in [0, 0.05) is 31.5 Å². The van der Waals surface area contributed by atoms with Gasteiger partial charge < -0.3 is 34.8 Å². The number of ether oxygens (including phenoxy) is 2. The van der Waals surface area contributed by atoms with Gasteiger partial charge in [0.2, 0.25) is 11.8 Å². The maximum Gasteiger partial charge on any atom is 0.407 e. The molecule has 13 nitrogen and oxygen atoms in total. The molecule has 356 valence electrons. The average molecular weight is 922 g/mol. The fraction of sp³-hybridized carbons (Fsp3) is 0.531. The average Bonchev–Trinajstić information content (AvgIpc) is 3.22. The van der Waals surface area contributed by atoms with Crippen molar-refractivity contribution in [1.29, 1.82) is 0 Å². The normalized spacial score (nSPS) is 15.8. The van der Waals surface area contributed by atoms with Gasteiger partial charge in [0.1, 0.15) is 29.3 Å². The van der Waals surface area contributed by atoms with Crippen molar-refractivity contribution in [2.75, 3.05) is 26.3 Å². The summed E-state index contributed by atoms with van der Waals surface area (Å²) in [6, 6.07) is 17.8. The van der Waals surface area contributed by atoms with Crippen molar-refractivity contribution in [3.05, 3.63) is 107 Å². The Kier molecular flexibility index (Phi) is 18.8. The third-order valence-electron chi connectivity index (χ3n) is 11.8. The molecular weight excluding hydrogens is 853 g/mol. The van der Waals surface area contributed by atoms with Gasteiger partial charge in [-0.25, -0.2) is 18.4 Å². The lowest BCUT2D eigenvalue weighted by atomic mass is 9.88. The standard InChI is InChI=1S/C49H69F2N5O8Si/c1-32(2)42(45(59)52-40(28-34-19-15-12-16-20-34)44(58)55-46(60)56-23-25-62-26-24-56)54-43(57)36(29-35-21-22-37(50)31-38(35)51)30-41(64-65(9,10)49(6,7)8)39(27-33-17-13-11-14-18-33)53-47(61)63-48(3,4)5/h11-22,31-32,36,39-42H,23-30H2,1-10H3,(H,52,59)(H,53,61)(H,54,57)(H,55,58,60). The molecule has 4 N–H and O–H groups in total. The fourth-order valence-electron chi connectivity index (χ4n) is 7.13. The Morgan fingerprint density at radius 2 is 1.34 bits per heavy atom. The number of nitrogens with zero attached hydrogens (tertiary/aromatic N) is 1. The first-order valence-corrected chi connectivity index (χ1v) is 25.3. The Hall–Kier alpha value is -5.19. The van der Waals surface area contributed by atoms with E-state index in [-0.39, 0.29) is 36.3 Å². The van der Waals surface area contributed by atoms with Gasteiger partial charge in [0.25, 0.3) is 5.91 Å². The van der Waals surface area contributed by atoms with E-state index < -0.39 is 91.5 Å². The lowest BCUT2D eigenvalue weighted by Gasteiger charge is -2.42. The molecule has 0 aromatic heterocycles. The van der Waals surface area contributed by atoms with Crippen LogP contribution in [-0.2, 0) is 47.5 Å². The van der Waals surface area contributed by atoms with Crippen molar-refractivity contribution >= 4 is 38.2 Å². The number of halogens is 2. The van der Waals surface area contributed by atoms with E-state index >= 15 is 4.39 Å². The molecule has 65 heavy (non-hydrogen) atoms. The van der Waals surface area contributed by atoms with Gasteiger partial charge in [-0.2, -0.15) is 0 Å². The quantitative estimate of drug-likeness (QED) is 0.0955. The third-order valence-corrected chi connectivity index (χ3v) is 16.3. The topological polar surface area (TPSA) is 164 Å². The molecule has 4 rings (SSSR count). The van der Waals surface area contributed by atoms with E-state index in [0.29, 0.717) is 26.3 Å². The smallest absolute Gasteiger partial charge is 0.407 e. The lowest BCUT2D eigenvalue weighted by Crippen LogP contribution is -2.59. The summed E-state index contributed by atoms with van der Waals surface area (Å²) >= 11 is 0. The largest absolute Gasteiger partial charge is 0.444 e. The first-order chi connectivity index (χ1) is 30.4. The summed E-state index contributed by atoms with van der Waals surface area (Å²) in [4.78, 5) is 71.1. The van der Waals surface area contributed by atoms with Gasteiger partial charge in [-0.15, -0.1) is 0 Å². The number of benzene rings is 3. The predicted octanol–water partition coefficient (Wildman–Crippen LogP) is 7.48. The Morgan fingerprint density at radius 1 is 0.754 bits per heavy atom. The van der Waals surface area contributed by atoms with Crippen LogP contribution in [0.1, 0.15) is 78.5 Å². The van der Waals surface area contributed by atoms with Crippen molar-refractivity contribution in [2.45, 2.75) is 129 Å². The number of carbonyl (C=O) groups is 5. The van der Waals surface area contributed by atoms with Gasteiger partial charge in [-0.3, -0.25) is 19.7 Å². The van der Waals surface area contributed by atoms with E-state index in [2.05, 4.69) is 55.1 Å². The van der Waals surface area contributed by atoms with E-state index in [1.54, 1.807) is 58.9 Å². The van der Waals surface area contributed by atoms with E-state index in [1.165, 1.54) is 11.0 Å². The highest BCUT2D eigenvalue weighted by atomic mass is 28.4. The third kappa shape index (κ3) is 16.6. The predicted molar refractivity (Wildman–Crippen MR) is 248 cm³/mol. The monoisotopic (exact) mass is 921 g/mol. The Balaban J connectivity index is 1.73. The second kappa shape index (κ2) is 23.3. The molecule has 3 aromatic carbocycles. The number of imide groups is 1. The molecule has 0 spiro atoms. The minimum Gasteiger partial charge on any atom is -0.444 e. The molecule has 0 bridgehead atoms. The molecule has 1 heterocycles. The molecule has 1 saturated heterocycles. The van der Waals surface area contributed by atoms with Gasteiger partial charge in [-0.05, 0) is 86.8 Å². The lowest BCUT2D eigenvalue weighted by molar-refractivity contribution is -0.134. The maximum atomic E-state index is 15.5. The number of amides is 6. The second-order valence-corrected chi connectivity index (χ2v) is 24.4. The number of rotatable bonds is 18. The van der Waals surface area contributed by atoms with Crippen LogP contribution in [0.25, 0.3) is 0 Å². The molecule has 5 atom stereocenters. The van der Waals surface area contributed by atoms with Crippen LogP contribution in [0.15, 0.2) is 78.9 Å². The molecular formula is C49H69F2N5O8Si. The Labute approximate surface area is 384 Å². The van der Waals surface area contributed by atoms with E-state index in [0.717, 1.165) is 23.3 Å². The number of alkyl carbamates (subject to hydrolysis) is 1. The van der Waals surface area contributed by atoms with Gasteiger partial charge in [0.15, 0.2) is 8.32 Å². The fourth-order valence-corrected chi connectivity index (χ4v) is 8.50. The van der Waals surface area contributed by atoms with Crippen LogP contribution < -0.4 is 21.3 Å². The molecule has 0 radical (unpaired) electrons. The molecule has 0 aliphatic carbocycles. The van der Waals surface area contributed by atoms with Crippen LogP contribution in [0.4, 0.5) is 18.4 Å². The minimum absolute atomic E-state index is 0.0416. The Morgan fingerprint density at radius 3 is 1.88 bits per heavy atom. The number of hydrogen-bond donors (Lipinski definition) is 4. The van der Waals surface area contributed by atoms with E-state index in [1.807, 2.05) is 36.4 Å². The summed E-state index contributed by atoms with van der Waals surface area (Å²) in [6.45, 7) is 20.3. The Bertz CT molecular complexity index is 2060. The molecule has 1 aliphatic heterocycles. The maximum absolute atomic E-state index is 15.5. The summed E-state index contributed by atoms with van der Waals surface area (Å²) in [5.74, 6) is -5.29. The zero-order valence-electron chi connectivity index (χ0n) is 39.6. The number of urea groups is 1. The molecule has 16 heteroatoms.